The number of nitrogens with two attached hydrogens (primary N) is 1. The predicted octanol–water partition coefficient (Wildman–Crippen LogP) is 1.77. The first kappa shape index (κ1) is 9.72. The molecule has 2 rings (SSSR count). The van der Waals surface area contributed by atoms with Gasteiger partial charge >= 0.3 is 5.97 Å². The number of nitrogens with zero attached hydrogens (tertiary/aromatic N) is 1. The number of ether oxygens (including phenoxy) is 1. The van der Waals surface area contributed by atoms with E-state index in [0.717, 1.165) is 0 Å². The Morgan fingerprint density at radius 3 is 3.07 bits per heavy atom. The SMILES string of the molecule is COC(=O)c1sccc1-c1cnc(N)o1. The fourth-order valence-corrected chi connectivity index (χ4v) is 1.98. The Morgan fingerprint density at radius 2 is 2.47 bits per heavy atom. The molecule has 0 fully saturated rings. The minimum absolute atomic E-state index is 0.0759. The predicted molar refractivity (Wildman–Crippen MR) is 55.6 cm³/mol. The van der Waals surface area contributed by atoms with Gasteiger partial charge in [0.1, 0.15) is 4.88 Å². The third-order valence-electron chi connectivity index (χ3n) is 1.83. The number of carbonyl (C=O) groups is 1. The molecule has 0 aliphatic rings. The van der Waals surface area contributed by atoms with Crippen LogP contribution in [0.2, 0.25) is 0 Å². The van der Waals surface area contributed by atoms with Gasteiger partial charge in [0.2, 0.25) is 0 Å². The Bertz CT molecular complexity index is 489. The lowest BCUT2D eigenvalue weighted by molar-refractivity contribution is 0.0607. The Morgan fingerprint density at radius 1 is 1.67 bits per heavy atom. The average molecular weight is 224 g/mol. The number of rotatable bonds is 2. The number of hydrogen-bond donors (Lipinski definition) is 1. The maximum Gasteiger partial charge on any atom is 0.348 e. The van der Waals surface area contributed by atoms with Crippen molar-refractivity contribution in [2.45, 2.75) is 0 Å². The number of esters is 1. The van der Waals surface area contributed by atoms with Crippen molar-refractivity contribution in [2.75, 3.05) is 12.8 Å². The summed E-state index contributed by atoms with van der Waals surface area (Å²) in [5.74, 6) is 0.0733. The van der Waals surface area contributed by atoms with Crippen LogP contribution in [0.5, 0.6) is 0 Å². The number of anilines is 1. The van der Waals surface area contributed by atoms with Crippen LogP contribution in [0.3, 0.4) is 0 Å². The second kappa shape index (κ2) is 3.74. The fourth-order valence-electron chi connectivity index (χ4n) is 1.17. The first-order valence-corrected chi connectivity index (χ1v) is 4.98. The lowest BCUT2D eigenvalue weighted by atomic mass is 10.2. The van der Waals surface area contributed by atoms with Crippen molar-refractivity contribution in [1.29, 1.82) is 0 Å². The van der Waals surface area contributed by atoms with Crippen LogP contribution in [0.1, 0.15) is 9.67 Å². The van der Waals surface area contributed by atoms with Crippen LogP contribution >= 0.6 is 11.3 Å². The summed E-state index contributed by atoms with van der Waals surface area (Å²) in [6, 6.07) is 1.84. The summed E-state index contributed by atoms with van der Waals surface area (Å²) in [5, 5.41) is 1.78. The van der Waals surface area contributed by atoms with Crippen LogP contribution in [0.25, 0.3) is 11.3 Å². The maximum absolute atomic E-state index is 11.4. The standard InChI is InChI=1S/C9H8N2O3S/c1-13-8(12)7-5(2-3-15-7)6-4-11-9(10)14-6/h2-4H,1H3,(H2,10,11). The molecule has 6 heteroatoms. The highest BCUT2D eigenvalue weighted by Gasteiger charge is 2.17. The van der Waals surface area contributed by atoms with Gasteiger partial charge in [-0.25, -0.2) is 9.78 Å². The number of nitrogen functional groups attached to an aromatic ring is 1. The number of aromatic nitrogens is 1. The second-order valence-corrected chi connectivity index (χ2v) is 3.63. The van der Waals surface area contributed by atoms with E-state index in [1.807, 2.05) is 0 Å². The van der Waals surface area contributed by atoms with Gasteiger partial charge < -0.3 is 14.9 Å². The molecule has 0 atom stereocenters. The van der Waals surface area contributed by atoms with Gasteiger partial charge in [0.15, 0.2) is 5.76 Å². The molecule has 5 nitrogen and oxygen atoms in total. The van der Waals surface area contributed by atoms with E-state index in [0.29, 0.717) is 16.2 Å². The van der Waals surface area contributed by atoms with Crippen LogP contribution in [0, 0.1) is 0 Å². The van der Waals surface area contributed by atoms with E-state index in [1.165, 1.54) is 24.6 Å². The Hall–Kier alpha value is -1.82. The monoisotopic (exact) mass is 224 g/mol. The van der Waals surface area contributed by atoms with Gasteiger partial charge in [-0.15, -0.1) is 11.3 Å². The van der Waals surface area contributed by atoms with Crippen LogP contribution in [0.15, 0.2) is 22.1 Å². The highest BCUT2D eigenvalue weighted by molar-refractivity contribution is 7.12. The summed E-state index contributed by atoms with van der Waals surface area (Å²) in [6.07, 6.45) is 1.48. The van der Waals surface area contributed by atoms with Gasteiger partial charge in [-0.2, -0.15) is 0 Å². The molecule has 2 aromatic heterocycles. The fraction of sp³-hybridized carbons (Fsp3) is 0.111. The molecule has 0 aliphatic heterocycles. The van der Waals surface area contributed by atoms with Crippen molar-refractivity contribution in [3.63, 3.8) is 0 Å². The van der Waals surface area contributed by atoms with Crippen molar-refractivity contribution < 1.29 is 13.9 Å². The van der Waals surface area contributed by atoms with E-state index in [1.54, 1.807) is 11.4 Å². The third-order valence-corrected chi connectivity index (χ3v) is 2.72. The number of thiophene rings is 1. The lowest BCUT2D eigenvalue weighted by Gasteiger charge is -1.97. The molecular formula is C9H8N2O3S. The normalized spacial score (nSPS) is 10.2. The van der Waals surface area contributed by atoms with Gasteiger partial charge in [0, 0.05) is 5.56 Å². The molecule has 78 valence electrons. The van der Waals surface area contributed by atoms with Gasteiger partial charge in [-0.3, -0.25) is 0 Å². The summed E-state index contributed by atoms with van der Waals surface area (Å²) < 4.78 is 9.77. The summed E-state index contributed by atoms with van der Waals surface area (Å²) in [6.45, 7) is 0. The van der Waals surface area contributed by atoms with Gasteiger partial charge in [-0.05, 0) is 11.4 Å². The quantitative estimate of drug-likeness (QED) is 0.786. The third kappa shape index (κ3) is 1.71. The molecule has 2 N–H and O–H groups in total. The summed E-state index contributed by atoms with van der Waals surface area (Å²) >= 11 is 1.28. The van der Waals surface area contributed by atoms with Crippen molar-refractivity contribution in [3.8, 4) is 11.3 Å². The zero-order valence-corrected chi connectivity index (χ0v) is 8.71. The van der Waals surface area contributed by atoms with Gasteiger partial charge in [-0.1, -0.05) is 0 Å². The number of methoxy groups -OCH3 is 1. The Labute approximate surface area is 89.5 Å². The highest BCUT2D eigenvalue weighted by atomic mass is 32.1. The molecular weight excluding hydrogens is 216 g/mol. The smallest absolute Gasteiger partial charge is 0.348 e. The van der Waals surface area contributed by atoms with E-state index in [-0.39, 0.29) is 6.01 Å². The van der Waals surface area contributed by atoms with Crippen molar-refractivity contribution >= 4 is 23.3 Å². The molecule has 0 unspecified atom stereocenters. The van der Waals surface area contributed by atoms with E-state index >= 15 is 0 Å². The summed E-state index contributed by atoms with van der Waals surface area (Å²) in [4.78, 5) is 15.6. The summed E-state index contributed by atoms with van der Waals surface area (Å²) in [5.41, 5.74) is 6.00. The van der Waals surface area contributed by atoms with Crippen LogP contribution in [0.4, 0.5) is 6.01 Å². The van der Waals surface area contributed by atoms with Gasteiger partial charge in [0.05, 0.1) is 13.3 Å². The molecule has 0 saturated heterocycles. The van der Waals surface area contributed by atoms with E-state index in [2.05, 4.69) is 9.72 Å². The first-order valence-electron chi connectivity index (χ1n) is 4.10. The molecule has 0 amide bonds. The van der Waals surface area contributed by atoms with Crippen LogP contribution < -0.4 is 5.73 Å². The van der Waals surface area contributed by atoms with Crippen LogP contribution in [-0.2, 0) is 4.74 Å². The Balaban J connectivity index is 2.45. The molecule has 0 aromatic carbocycles. The minimum Gasteiger partial charge on any atom is -0.465 e. The number of carbonyl (C=O) groups excluding carboxylic acids is 1. The average Bonchev–Trinajstić information content (AvgIpc) is 2.84. The van der Waals surface area contributed by atoms with Gasteiger partial charge in [0.25, 0.3) is 6.01 Å². The van der Waals surface area contributed by atoms with Crippen molar-refractivity contribution in [1.82, 2.24) is 4.98 Å². The van der Waals surface area contributed by atoms with Crippen LogP contribution in [-0.4, -0.2) is 18.1 Å². The molecule has 0 spiro atoms. The zero-order valence-electron chi connectivity index (χ0n) is 7.89. The molecule has 2 heterocycles. The van der Waals surface area contributed by atoms with E-state index < -0.39 is 5.97 Å². The highest BCUT2D eigenvalue weighted by Crippen LogP contribution is 2.29. The number of hydrogen-bond acceptors (Lipinski definition) is 6. The van der Waals surface area contributed by atoms with E-state index in [4.69, 9.17) is 10.2 Å². The molecule has 0 bridgehead atoms. The first-order chi connectivity index (χ1) is 7.22. The van der Waals surface area contributed by atoms with E-state index in [9.17, 15) is 4.79 Å². The molecule has 0 saturated carbocycles. The largest absolute Gasteiger partial charge is 0.465 e. The minimum atomic E-state index is -0.394. The zero-order chi connectivity index (χ0) is 10.8. The topological polar surface area (TPSA) is 78.3 Å². The summed E-state index contributed by atoms with van der Waals surface area (Å²) in [7, 11) is 1.33. The maximum atomic E-state index is 11.4. The molecule has 0 aliphatic carbocycles. The molecule has 15 heavy (non-hydrogen) atoms. The van der Waals surface area contributed by atoms with Crippen molar-refractivity contribution in [3.05, 3.63) is 22.5 Å². The molecule has 0 radical (unpaired) electrons. The second-order valence-electron chi connectivity index (χ2n) is 2.72. The molecule has 2 aromatic rings. The van der Waals surface area contributed by atoms with Crippen molar-refractivity contribution in [2.24, 2.45) is 0 Å². The lowest BCUT2D eigenvalue weighted by Crippen LogP contribution is -1.99. The number of oxazole rings is 1. The Kier molecular flexibility index (Phi) is 2.42.